The van der Waals surface area contributed by atoms with Crippen molar-refractivity contribution in [3.63, 3.8) is 0 Å². The zero-order valence-electron chi connectivity index (χ0n) is 11.4. The second-order valence-corrected chi connectivity index (χ2v) is 5.73. The van der Waals surface area contributed by atoms with Crippen LogP contribution in [0.25, 0.3) is 0 Å². The van der Waals surface area contributed by atoms with Crippen molar-refractivity contribution >= 4 is 5.69 Å². The van der Waals surface area contributed by atoms with E-state index in [9.17, 15) is 0 Å². The second kappa shape index (κ2) is 4.69. The van der Waals surface area contributed by atoms with E-state index in [0.29, 0.717) is 11.8 Å². The molecule has 2 unspecified atom stereocenters. The van der Waals surface area contributed by atoms with Crippen molar-refractivity contribution in [3.8, 4) is 0 Å². The molecule has 94 valence electrons. The van der Waals surface area contributed by atoms with Crippen LogP contribution in [0.1, 0.15) is 50.2 Å². The van der Waals surface area contributed by atoms with Crippen LogP contribution in [-0.2, 0) is 0 Å². The first-order chi connectivity index (χ1) is 8.00. The SMILES string of the molecule is CC(N)CC1CN(C)c2c(C(C)C)cccc21. The number of benzene rings is 1. The number of hydrogen-bond acceptors (Lipinski definition) is 2. The zero-order chi connectivity index (χ0) is 12.6. The molecule has 1 heterocycles. The molecule has 2 rings (SSSR count). The molecule has 17 heavy (non-hydrogen) atoms. The molecule has 0 saturated carbocycles. The molecule has 0 saturated heterocycles. The van der Waals surface area contributed by atoms with Gasteiger partial charge in [-0.1, -0.05) is 32.0 Å². The van der Waals surface area contributed by atoms with E-state index in [-0.39, 0.29) is 6.04 Å². The summed E-state index contributed by atoms with van der Waals surface area (Å²) in [5.41, 5.74) is 10.4. The summed E-state index contributed by atoms with van der Waals surface area (Å²) in [6, 6.07) is 7.01. The molecule has 1 aliphatic rings. The van der Waals surface area contributed by atoms with Crippen molar-refractivity contribution in [1.82, 2.24) is 0 Å². The maximum atomic E-state index is 5.95. The first-order valence-corrected chi connectivity index (χ1v) is 6.60. The largest absolute Gasteiger partial charge is 0.374 e. The fraction of sp³-hybridized carbons (Fsp3) is 0.600. The van der Waals surface area contributed by atoms with Gasteiger partial charge in [-0.3, -0.25) is 0 Å². The molecule has 0 aromatic heterocycles. The van der Waals surface area contributed by atoms with E-state index < -0.39 is 0 Å². The van der Waals surface area contributed by atoms with Gasteiger partial charge in [-0.25, -0.2) is 0 Å². The van der Waals surface area contributed by atoms with Crippen LogP contribution in [0.5, 0.6) is 0 Å². The molecule has 2 atom stereocenters. The molecule has 0 fully saturated rings. The maximum absolute atomic E-state index is 5.95. The summed E-state index contributed by atoms with van der Waals surface area (Å²) in [7, 11) is 2.20. The minimum Gasteiger partial charge on any atom is -0.374 e. The molecule has 0 spiro atoms. The van der Waals surface area contributed by atoms with E-state index in [2.05, 4.69) is 50.9 Å². The molecule has 0 amide bonds. The fourth-order valence-corrected chi connectivity index (χ4v) is 2.99. The third-order valence-electron chi connectivity index (χ3n) is 3.69. The highest BCUT2D eigenvalue weighted by Gasteiger charge is 2.29. The summed E-state index contributed by atoms with van der Waals surface area (Å²) in [5, 5.41) is 0. The number of para-hydroxylation sites is 1. The number of nitrogens with two attached hydrogens (primary N) is 1. The van der Waals surface area contributed by atoms with Gasteiger partial charge in [-0.05, 0) is 30.4 Å². The van der Waals surface area contributed by atoms with Crippen molar-refractivity contribution in [2.45, 2.75) is 45.1 Å². The Morgan fingerprint density at radius 3 is 2.65 bits per heavy atom. The average Bonchev–Trinajstić information content (AvgIpc) is 2.55. The number of fused-ring (bicyclic) bond motifs is 1. The molecule has 0 aliphatic carbocycles. The van der Waals surface area contributed by atoms with E-state index >= 15 is 0 Å². The highest BCUT2D eigenvalue weighted by atomic mass is 15.1. The van der Waals surface area contributed by atoms with Crippen LogP contribution in [0.3, 0.4) is 0 Å². The van der Waals surface area contributed by atoms with Crippen LogP contribution >= 0.6 is 0 Å². The zero-order valence-corrected chi connectivity index (χ0v) is 11.4. The smallest absolute Gasteiger partial charge is 0.0435 e. The maximum Gasteiger partial charge on any atom is 0.0435 e. The number of hydrogen-bond donors (Lipinski definition) is 1. The molecule has 1 aromatic rings. The standard InChI is InChI=1S/C15H24N2/c1-10(2)13-6-5-7-14-12(8-11(3)16)9-17(4)15(13)14/h5-7,10-12H,8-9,16H2,1-4H3. The minimum absolute atomic E-state index is 0.280. The molecular weight excluding hydrogens is 208 g/mol. The van der Waals surface area contributed by atoms with Gasteiger partial charge in [0, 0.05) is 31.2 Å². The number of likely N-dealkylation sites (N-methyl/N-ethyl adjacent to an activating group) is 1. The van der Waals surface area contributed by atoms with Crippen molar-refractivity contribution in [2.75, 3.05) is 18.5 Å². The van der Waals surface area contributed by atoms with E-state index in [4.69, 9.17) is 5.73 Å². The van der Waals surface area contributed by atoms with E-state index in [1.807, 2.05) is 0 Å². The third-order valence-corrected chi connectivity index (χ3v) is 3.69. The molecule has 1 aliphatic heterocycles. The van der Waals surface area contributed by atoms with Crippen molar-refractivity contribution in [1.29, 1.82) is 0 Å². The molecule has 2 N–H and O–H groups in total. The fourth-order valence-electron chi connectivity index (χ4n) is 2.99. The highest BCUT2D eigenvalue weighted by molar-refractivity contribution is 5.65. The summed E-state index contributed by atoms with van der Waals surface area (Å²) < 4.78 is 0. The first kappa shape index (κ1) is 12.4. The number of nitrogens with zero attached hydrogens (tertiary/aromatic N) is 1. The van der Waals surface area contributed by atoms with Gasteiger partial charge in [0.05, 0.1) is 0 Å². The molecule has 2 nitrogen and oxygen atoms in total. The second-order valence-electron chi connectivity index (χ2n) is 5.73. The van der Waals surface area contributed by atoms with Gasteiger partial charge >= 0.3 is 0 Å². The summed E-state index contributed by atoms with van der Waals surface area (Å²) in [5.74, 6) is 1.19. The summed E-state index contributed by atoms with van der Waals surface area (Å²) in [6.45, 7) is 7.75. The molecule has 1 aromatic carbocycles. The highest BCUT2D eigenvalue weighted by Crippen LogP contribution is 2.42. The van der Waals surface area contributed by atoms with Crippen LogP contribution in [0, 0.1) is 0 Å². The third kappa shape index (κ3) is 2.32. The van der Waals surface area contributed by atoms with Gasteiger partial charge in [0.2, 0.25) is 0 Å². The Hall–Kier alpha value is -1.02. The van der Waals surface area contributed by atoms with Gasteiger partial charge in [0.1, 0.15) is 0 Å². The van der Waals surface area contributed by atoms with Gasteiger partial charge in [-0.15, -0.1) is 0 Å². The first-order valence-electron chi connectivity index (χ1n) is 6.60. The number of anilines is 1. The van der Waals surface area contributed by atoms with Crippen molar-refractivity contribution in [2.24, 2.45) is 5.73 Å². The topological polar surface area (TPSA) is 29.3 Å². The molecule has 2 heteroatoms. The quantitative estimate of drug-likeness (QED) is 0.867. The summed E-state index contributed by atoms with van der Waals surface area (Å²) >= 11 is 0. The lowest BCUT2D eigenvalue weighted by Crippen LogP contribution is -2.22. The Morgan fingerprint density at radius 2 is 2.06 bits per heavy atom. The minimum atomic E-state index is 0.280. The number of rotatable bonds is 3. The van der Waals surface area contributed by atoms with Crippen LogP contribution < -0.4 is 10.6 Å². The van der Waals surface area contributed by atoms with Crippen molar-refractivity contribution < 1.29 is 0 Å². The predicted octanol–water partition coefficient (Wildman–Crippen LogP) is 3.08. The van der Waals surface area contributed by atoms with Gasteiger partial charge in [0.15, 0.2) is 0 Å². The van der Waals surface area contributed by atoms with Gasteiger partial charge < -0.3 is 10.6 Å². The van der Waals surface area contributed by atoms with Crippen molar-refractivity contribution in [3.05, 3.63) is 29.3 Å². The van der Waals surface area contributed by atoms with Gasteiger partial charge in [-0.2, -0.15) is 0 Å². The van der Waals surface area contributed by atoms with E-state index in [0.717, 1.165) is 13.0 Å². The monoisotopic (exact) mass is 232 g/mol. The van der Waals surface area contributed by atoms with Crippen LogP contribution in [0.15, 0.2) is 18.2 Å². The van der Waals surface area contributed by atoms with Crippen LogP contribution in [0.4, 0.5) is 5.69 Å². The lowest BCUT2D eigenvalue weighted by Gasteiger charge is -2.18. The van der Waals surface area contributed by atoms with E-state index in [1.54, 1.807) is 0 Å². The van der Waals surface area contributed by atoms with Crippen LogP contribution in [-0.4, -0.2) is 19.6 Å². The normalized spacial score (nSPS) is 20.8. The molecular formula is C15H24N2. The average molecular weight is 232 g/mol. The Morgan fingerprint density at radius 1 is 1.35 bits per heavy atom. The molecule has 0 radical (unpaired) electrons. The molecule has 0 bridgehead atoms. The Kier molecular flexibility index (Phi) is 3.43. The van der Waals surface area contributed by atoms with E-state index in [1.165, 1.54) is 16.8 Å². The Balaban J connectivity index is 2.39. The summed E-state index contributed by atoms with van der Waals surface area (Å²) in [4.78, 5) is 2.40. The van der Waals surface area contributed by atoms with Gasteiger partial charge in [0.25, 0.3) is 0 Å². The lowest BCUT2D eigenvalue weighted by atomic mass is 9.91. The summed E-state index contributed by atoms with van der Waals surface area (Å²) in [6.07, 6.45) is 1.08. The predicted molar refractivity (Wildman–Crippen MR) is 74.8 cm³/mol. The Labute approximate surface area is 105 Å². The Bertz CT molecular complexity index is 396. The lowest BCUT2D eigenvalue weighted by molar-refractivity contribution is 0.572. The van der Waals surface area contributed by atoms with Crippen LogP contribution in [0.2, 0.25) is 0 Å².